The van der Waals surface area contributed by atoms with E-state index in [0.29, 0.717) is 27.2 Å². The molecule has 7 heteroatoms. The molecule has 0 saturated carbocycles. The van der Waals surface area contributed by atoms with Crippen LogP contribution in [0.25, 0.3) is 0 Å². The lowest BCUT2D eigenvalue weighted by atomic mass is 10.1. The smallest absolute Gasteiger partial charge is 0.255 e. The first-order valence-corrected chi connectivity index (χ1v) is 8.44. The minimum Gasteiger partial charge on any atom is -0.379 e. The van der Waals surface area contributed by atoms with Crippen molar-refractivity contribution >= 4 is 62.1 Å². The third-order valence-corrected chi connectivity index (χ3v) is 5.48. The zero-order valence-corrected chi connectivity index (χ0v) is 15.3. The molecule has 2 rings (SSSR count). The van der Waals surface area contributed by atoms with Crippen molar-refractivity contribution in [2.24, 2.45) is 0 Å². The van der Waals surface area contributed by atoms with Gasteiger partial charge in [0.1, 0.15) is 4.34 Å². The quantitative estimate of drug-likeness (QED) is 0.761. The molecular weight excluding hydrogens is 395 g/mol. The van der Waals surface area contributed by atoms with E-state index in [-0.39, 0.29) is 5.91 Å². The highest BCUT2D eigenvalue weighted by atomic mass is 79.9. The van der Waals surface area contributed by atoms with Gasteiger partial charge in [0.2, 0.25) is 0 Å². The second-order valence-electron chi connectivity index (χ2n) is 4.58. The first-order chi connectivity index (χ1) is 9.88. The summed E-state index contributed by atoms with van der Waals surface area (Å²) < 4.78 is 1.59. The van der Waals surface area contributed by atoms with Crippen LogP contribution >= 0.6 is 50.5 Å². The van der Waals surface area contributed by atoms with Crippen molar-refractivity contribution in [2.45, 2.75) is 6.54 Å². The number of benzene rings is 1. The van der Waals surface area contributed by atoms with Crippen molar-refractivity contribution in [3.05, 3.63) is 48.5 Å². The fraction of sp³-hybridized carbons (Fsp3) is 0.214. The Morgan fingerprint density at radius 2 is 2.05 bits per heavy atom. The Balaban J connectivity index is 2.22. The molecule has 1 aromatic carbocycles. The minimum absolute atomic E-state index is 0.0699. The molecule has 1 N–H and O–H groups in total. The largest absolute Gasteiger partial charge is 0.379 e. The van der Waals surface area contributed by atoms with Gasteiger partial charge in [-0.05, 0) is 40.2 Å². The molecule has 0 fully saturated rings. The molecule has 3 nitrogen and oxygen atoms in total. The minimum atomic E-state index is -0.0699. The maximum atomic E-state index is 12.2. The van der Waals surface area contributed by atoms with Gasteiger partial charge in [0.05, 0.1) is 5.56 Å². The van der Waals surface area contributed by atoms with Crippen molar-refractivity contribution in [3.63, 3.8) is 0 Å². The molecule has 2 aromatic rings. The van der Waals surface area contributed by atoms with Crippen LogP contribution in [0.4, 0.5) is 5.69 Å². The van der Waals surface area contributed by atoms with E-state index in [1.54, 1.807) is 32.3 Å². The zero-order valence-electron chi connectivity index (χ0n) is 11.4. The Kier molecular flexibility index (Phi) is 5.54. The van der Waals surface area contributed by atoms with Crippen LogP contribution in [-0.2, 0) is 6.54 Å². The van der Waals surface area contributed by atoms with E-state index in [9.17, 15) is 4.79 Å². The van der Waals surface area contributed by atoms with Crippen LogP contribution in [0.5, 0.6) is 0 Å². The second-order valence-corrected chi connectivity index (χ2v) is 7.61. The molecule has 0 radical (unpaired) electrons. The summed E-state index contributed by atoms with van der Waals surface area (Å²) in [5.74, 6) is -0.0699. The Labute approximate surface area is 146 Å². The van der Waals surface area contributed by atoms with E-state index < -0.39 is 0 Å². The van der Waals surface area contributed by atoms with Crippen LogP contribution in [0.1, 0.15) is 15.2 Å². The SMILES string of the molecule is CN(C)C(=O)c1ccc(Cl)cc1NCc1cc(Br)c(Cl)s1. The van der Waals surface area contributed by atoms with Gasteiger partial charge in [-0.3, -0.25) is 4.79 Å². The zero-order chi connectivity index (χ0) is 15.6. The highest BCUT2D eigenvalue weighted by Crippen LogP contribution is 2.32. The monoisotopic (exact) mass is 406 g/mol. The number of rotatable bonds is 4. The molecule has 0 unspecified atom stereocenters. The van der Waals surface area contributed by atoms with Gasteiger partial charge < -0.3 is 10.2 Å². The molecule has 0 aliphatic rings. The standard InChI is InChI=1S/C14H13BrCl2N2OS/c1-19(2)14(20)10-4-3-8(16)5-12(10)18-7-9-6-11(15)13(17)21-9/h3-6,18H,7H2,1-2H3. The van der Waals surface area contributed by atoms with Crippen molar-refractivity contribution < 1.29 is 4.79 Å². The molecule has 0 aliphatic carbocycles. The summed E-state index contributed by atoms with van der Waals surface area (Å²) in [7, 11) is 3.44. The van der Waals surface area contributed by atoms with E-state index in [4.69, 9.17) is 23.2 Å². The van der Waals surface area contributed by atoms with Crippen molar-refractivity contribution in [2.75, 3.05) is 19.4 Å². The molecule has 1 aromatic heterocycles. The number of carbonyl (C=O) groups excluding carboxylic acids is 1. The molecule has 0 spiro atoms. The van der Waals surface area contributed by atoms with Crippen LogP contribution < -0.4 is 5.32 Å². The van der Waals surface area contributed by atoms with E-state index in [2.05, 4.69) is 21.2 Å². The molecule has 1 heterocycles. The number of nitrogens with one attached hydrogen (secondary N) is 1. The van der Waals surface area contributed by atoms with Gasteiger partial charge in [-0.15, -0.1) is 11.3 Å². The Morgan fingerprint density at radius 3 is 2.62 bits per heavy atom. The predicted molar refractivity (Wildman–Crippen MR) is 93.8 cm³/mol. The summed E-state index contributed by atoms with van der Waals surface area (Å²) in [6.45, 7) is 0.573. The van der Waals surface area contributed by atoms with Gasteiger partial charge in [0.25, 0.3) is 5.91 Å². The van der Waals surface area contributed by atoms with Gasteiger partial charge in [0.15, 0.2) is 0 Å². The maximum Gasteiger partial charge on any atom is 0.255 e. The summed E-state index contributed by atoms with van der Waals surface area (Å²) in [5, 5.41) is 3.83. The summed E-state index contributed by atoms with van der Waals surface area (Å²) in [5.41, 5.74) is 1.30. The number of carbonyl (C=O) groups is 1. The van der Waals surface area contributed by atoms with Crippen LogP contribution in [0.2, 0.25) is 9.36 Å². The number of hydrogen-bond donors (Lipinski definition) is 1. The maximum absolute atomic E-state index is 12.2. The first-order valence-electron chi connectivity index (χ1n) is 6.07. The molecule has 0 saturated heterocycles. The summed E-state index contributed by atoms with van der Waals surface area (Å²) in [6, 6.07) is 7.15. The highest BCUT2D eigenvalue weighted by Gasteiger charge is 2.14. The van der Waals surface area contributed by atoms with Gasteiger partial charge in [0, 0.05) is 40.7 Å². The molecule has 0 atom stereocenters. The first kappa shape index (κ1) is 16.6. The average Bonchev–Trinajstić information content (AvgIpc) is 2.75. The number of amides is 1. The highest BCUT2D eigenvalue weighted by molar-refractivity contribution is 9.10. The normalized spacial score (nSPS) is 10.5. The third kappa shape index (κ3) is 4.13. The fourth-order valence-electron chi connectivity index (χ4n) is 1.75. The Hall–Kier alpha value is -0.750. The summed E-state index contributed by atoms with van der Waals surface area (Å²) in [4.78, 5) is 14.8. The summed E-state index contributed by atoms with van der Waals surface area (Å²) >= 11 is 16.9. The average molecular weight is 408 g/mol. The fourth-order valence-corrected chi connectivity index (χ4v) is 3.65. The molecular formula is C14H13BrCl2N2OS. The lowest BCUT2D eigenvalue weighted by molar-refractivity contribution is 0.0828. The third-order valence-electron chi connectivity index (χ3n) is 2.77. The van der Waals surface area contributed by atoms with Crippen molar-refractivity contribution in [1.82, 2.24) is 4.90 Å². The number of halogens is 3. The topological polar surface area (TPSA) is 32.3 Å². The Morgan fingerprint density at radius 1 is 1.33 bits per heavy atom. The molecule has 112 valence electrons. The predicted octanol–water partition coefficient (Wildman–Crippen LogP) is 5.13. The number of thiophene rings is 1. The lowest BCUT2D eigenvalue weighted by Crippen LogP contribution is -2.22. The van der Waals surface area contributed by atoms with Crippen molar-refractivity contribution in [1.29, 1.82) is 0 Å². The van der Waals surface area contributed by atoms with E-state index >= 15 is 0 Å². The van der Waals surface area contributed by atoms with Gasteiger partial charge in [-0.2, -0.15) is 0 Å². The van der Waals surface area contributed by atoms with Crippen molar-refractivity contribution in [3.8, 4) is 0 Å². The van der Waals surface area contributed by atoms with E-state index in [1.165, 1.54) is 16.2 Å². The number of anilines is 1. The van der Waals surface area contributed by atoms with Crippen LogP contribution in [0.15, 0.2) is 28.7 Å². The van der Waals surface area contributed by atoms with Crippen LogP contribution in [0.3, 0.4) is 0 Å². The van der Waals surface area contributed by atoms with Gasteiger partial charge >= 0.3 is 0 Å². The van der Waals surface area contributed by atoms with Gasteiger partial charge in [-0.25, -0.2) is 0 Å². The lowest BCUT2D eigenvalue weighted by Gasteiger charge is -2.15. The molecule has 0 bridgehead atoms. The van der Waals surface area contributed by atoms with Crippen LogP contribution in [-0.4, -0.2) is 24.9 Å². The number of nitrogens with zero attached hydrogens (tertiary/aromatic N) is 1. The summed E-state index contributed by atoms with van der Waals surface area (Å²) in [6.07, 6.45) is 0. The molecule has 21 heavy (non-hydrogen) atoms. The van der Waals surface area contributed by atoms with E-state index in [0.717, 1.165) is 9.35 Å². The second kappa shape index (κ2) is 7.01. The molecule has 1 amide bonds. The van der Waals surface area contributed by atoms with Gasteiger partial charge in [-0.1, -0.05) is 23.2 Å². The van der Waals surface area contributed by atoms with E-state index in [1.807, 2.05) is 6.07 Å². The number of hydrogen-bond acceptors (Lipinski definition) is 3. The molecule has 0 aliphatic heterocycles. The van der Waals surface area contributed by atoms with Crippen LogP contribution in [0, 0.1) is 0 Å². The Bertz CT molecular complexity index is 653.